The third kappa shape index (κ3) is 5.94. The van der Waals surface area contributed by atoms with Crippen LogP contribution in [0.1, 0.15) is 66.5 Å². The largest absolute Gasteiger partial charge is 0.0969 e. The van der Waals surface area contributed by atoms with E-state index in [2.05, 4.69) is 79.7 Å². The number of hydrogen-bond acceptors (Lipinski definition) is 0. The second-order valence-electron chi connectivity index (χ2n) is 7.49. The van der Waals surface area contributed by atoms with E-state index in [0.717, 1.165) is 22.6 Å². The van der Waals surface area contributed by atoms with E-state index in [1.54, 1.807) is 11.1 Å². The summed E-state index contributed by atoms with van der Waals surface area (Å²) < 4.78 is 0. The molecule has 22 heavy (non-hydrogen) atoms. The molecule has 0 spiro atoms. The molecule has 0 unspecified atom stereocenters. The third-order valence-corrected chi connectivity index (χ3v) is 11.2. The van der Waals surface area contributed by atoms with Crippen LogP contribution in [-0.4, -0.2) is 22.6 Å². The number of benzene rings is 1. The lowest BCUT2D eigenvalue weighted by atomic mass is 10.1. The fourth-order valence-corrected chi connectivity index (χ4v) is 8.43. The highest BCUT2D eigenvalue weighted by atomic mass is 31.1. The van der Waals surface area contributed by atoms with Gasteiger partial charge >= 0.3 is 0 Å². The Morgan fingerprint density at radius 2 is 0.864 bits per heavy atom. The van der Waals surface area contributed by atoms with Gasteiger partial charge in [-0.1, -0.05) is 95.5 Å². The van der Waals surface area contributed by atoms with E-state index in [0.29, 0.717) is 0 Å². The van der Waals surface area contributed by atoms with Gasteiger partial charge in [-0.2, -0.15) is 0 Å². The zero-order valence-electron chi connectivity index (χ0n) is 15.9. The van der Waals surface area contributed by atoms with Gasteiger partial charge in [0.25, 0.3) is 0 Å². The quantitative estimate of drug-likeness (QED) is 0.437. The lowest BCUT2D eigenvalue weighted by molar-refractivity contribution is 0.985. The van der Waals surface area contributed by atoms with Gasteiger partial charge in [-0.15, -0.1) is 0 Å². The van der Waals surface area contributed by atoms with Gasteiger partial charge in [-0.25, -0.2) is 0 Å². The van der Waals surface area contributed by atoms with Crippen LogP contribution in [0.25, 0.3) is 0 Å². The van der Waals surface area contributed by atoms with Crippen molar-refractivity contribution in [2.75, 3.05) is 0 Å². The van der Waals surface area contributed by atoms with Crippen molar-refractivity contribution in [3.05, 3.63) is 35.4 Å². The normalized spacial score (nSPS) is 12.6. The molecule has 0 aliphatic rings. The van der Waals surface area contributed by atoms with Crippen molar-refractivity contribution < 1.29 is 0 Å². The van der Waals surface area contributed by atoms with Gasteiger partial charge in [0.15, 0.2) is 0 Å². The molecule has 0 amide bonds. The molecule has 1 rings (SSSR count). The SMILES string of the molecule is CC(C)P(Cc1ccccc1CP(C(C)C)C(C)C)C(C)C. The van der Waals surface area contributed by atoms with Crippen LogP contribution in [-0.2, 0) is 12.3 Å². The Labute approximate surface area is 142 Å². The molecule has 1 aromatic rings. The predicted molar refractivity (Wildman–Crippen MR) is 108 cm³/mol. The van der Waals surface area contributed by atoms with Crippen molar-refractivity contribution >= 4 is 15.8 Å². The van der Waals surface area contributed by atoms with E-state index in [1.807, 2.05) is 0 Å². The Morgan fingerprint density at radius 3 is 1.09 bits per heavy atom. The second kappa shape index (κ2) is 9.39. The second-order valence-corrected chi connectivity index (χ2v) is 14.3. The summed E-state index contributed by atoms with van der Waals surface area (Å²) in [5.74, 6) is 0. The molecule has 0 nitrogen and oxygen atoms in total. The molecule has 126 valence electrons. The molecule has 0 fully saturated rings. The van der Waals surface area contributed by atoms with Gasteiger partial charge in [-0.05, 0) is 46.1 Å². The molecule has 0 heterocycles. The maximum absolute atomic E-state index is 2.41. The molecular weight excluding hydrogens is 302 g/mol. The monoisotopic (exact) mass is 338 g/mol. The van der Waals surface area contributed by atoms with E-state index in [-0.39, 0.29) is 15.8 Å². The molecule has 2 heteroatoms. The fraction of sp³-hybridized carbons (Fsp3) is 0.700. The minimum atomic E-state index is 0.0804. The Bertz CT molecular complexity index is 378. The highest BCUT2D eigenvalue weighted by Gasteiger charge is 2.21. The minimum Gasteiger partial charge on any atom is -0.0969 e. The zero-order chi connectivity index (χ0) is 16.9. The molecule has 0 bridgehead atoms. The summed E-state index contributed by atoms with van der Waals surface area (Å²) in [7, 11) is 0.161. The number of hydrogen-bond donors (Lipinski definition) is 0. The summed E-state index contributed by atoms with van der Waals surface area (Å²) in [5.41, 5.74) is 6.54. The molecule has 0 saturated heterocycles. The van der Waals surface area contributed by atoms with Gasteiger partial charge < -0.3 is 0 Å². The third-order valence-electron chi connectivity index (χ3n) is 4.48. The maximum Gasteiger partial charge on any atom is -0.00656 e. The van der Waals surface area contributed by atoms with E-state index in [9.17, 15) is 0 Å². The van der Waals surface area contributed by atoms with E-state index in [4.69, 9.17) is 0 Å². The highest BCUT2D eigenvalue weighted by molar-refractivity contribution is 7.58. The topological polar surface area (TPSA) is 0 Å². The van der Waals surface area contributed by atoms with Gasteiger partial charge in [0.2, 0.25) is 0 Å². The first-order chi connectivity index (χ1) is 10.2. The highest BCUT2D eigenvalue weighted by Crippen LogP contribution is 2.52. The molecule has 0 aliphatic carbocycles. The first kappa shape index (κ1) is 20.1. The first-order valence-corrected chi connectivity index (χ1v) is 12.1. The number of rotatable bonds is 8. The Balaban J connectivity index is 2.98. The Kier molecular flexibility index (Phi) is 8.59. The van der Waals surface area contributed by atoms with Crippen LogP contribution >= 0.6 is 15.8 Å². The van der Waals surface area contributed by atoms with Gasteiger partial charge in [0, 0.05) is 0 Å². The Morgan fingerprint density at radius 1 is 0.591 bits per heavy atom. The van der Waals surface area contributed by atoms with Crippen LogP contribution in [0.5, 0.6) is 0 Å². The lowest BCUT2D eigenvalue weighted by Gasteiger charge is -2.29. The summed E-state index contributed by atoms with van der Waals surface area (Å²) in [6.45, 7) is 19.2. The molecule has 0 aromatic heterocycles. The summed E-state index contributed by atoms with van der Waals surface area (Å²) in [6, 6.07) is 9.26. The summed E-state index contributed by atoms with van der Waals surface area (Å²) in [5, 5.41) is 0. The molecule has 0 N–H and O–H groups in total. The molecular formula is C20H36P2. The van der Waals surface area contributed by atoms with Crippen molar-refractivity contribution in [1.29, 1.82) is 0 Å². The smallest absolute Gasteiger partial charge is 0.00656 e. The van der Waals surface area contributed by atoms with Crippen LogP contribution in [0.3, 0.4) is 0 Å². The summed E-state index contributed by atoms with van der Waals surface area (Å²) in [4.78, 5) is 0. The Hall–Kier alpha value is 0.0800. The van der Waals surface area contributed by atoms with Crippen LogP contribution in [0, 0.1) is 0 Å². The van der Waals surface area contributed by atoms with Crippen LogP contribution in [0.2, 0.25) is 0 Å². The lowest BCUT2D eigenvalue weighted by Crippen LogP contribution is -2.09. The molecule has 1 aromatic carbocycles. The van der Waals surface area contributed by atoms with Crippen molar-refractivity contribution in [3.63, 3.8) is 0 Å². The summed E-state index contributed by atoms with van der Waals surface area (Å²) in [6.07, 6.45) is 2.61. The molecule has 0 atom stereocenters. The van der Waals surface area contributed by atoms with Gasteiger partial charge in [0.05, 0.1) is 0 Å². The minimum absolute atomic E-state index is 0.0804. The predicted octanol–water partition coefficient (Wildman–Crippen LogP) is 7.28. The van der Waals surface area contributed by atoms with Crippen molar-refractivity contribution in [1.82, 2.24) is 0 Å². The maximum atomic E-state index is 2.41. The molecule has 0 aliphatic heterocycles. The average Bonchev–Trinajstić information content (AvgIpc) is 2.41. The fourth-order valence-electron chi connectivity index (χ4n) is 3.18. The van der Waals surface area contributed by atoms with Crippen molar-refractivity contribution in [2.45, 2.75) is 90.3 Å². The molecule has 0 saturated carbocycles. The molecule has 0 radical (unpaired) electrons. The first-order valence-electron chi connectivity index (χ1n) is 8.82. The average molecular weight is 338 g/mol. The van der Waals surface area contributed by atoms with Crippen LogP contribution in [0.4, 0.5) is 0 Å². The summed E-state index contributed by atoms with van der Waals surface area (Å²) >= 11 is 0. The van der Waals surface area contributed by atoms with E-state index < -0.39 is 0 Å². The van der Waals surface area contributed by atoms with E-state index >= 15 is 0 Å². The van der Waals surface area contributed by atoms with Crippen LogP contribution < -0.4 is 0 Å². The zero-order valence-corrected chi connectivity index (χ0v) is 17.7. The van der Waals surface area contributed by atoms with Crippen molar-refractivity contribution in [3.8, 4) is 0 Å². The van der Waals surface area contributed by atoms with E-state index in [1.165, 1.54) is 12.3 Å². The van der Waals surface area contributed by atoms with Crippen LogP contribution in [0.15, 0.2) is 24.3 Å². The van der Waals surface area contributed by atoms with Crippen molar-refractivity contribution in [2.24, 2.45) is 0 Å². The van der Waals surface area contributed by atoms with Gasteiger partial charge in [0.1, 0.15) is 0 Å². The standard InChI is InChI=1S/C20H36P2/c1-15(2)21(16(3)4)13-19-11-9-10-12-20(19)14-22(17(5)6)18(7)8/h9-12,15-18H,13-14H2,1-8H3. The van der Waals surface area contributed by atoms with Gasteiger partial charge in [-0.3, -0.25) is 0 Å².